The summed E-state index contributed by atoms with van der Waals surface area (Å²) in [6.45, 7) is 2.38. The van der Waals surface area contributed by atoms with Crippen LogP contribution in [0.4, 0.5) is 17.1 Å². The number of para-hydroxylation sites is 1. The molecular weight excluding hydrogens is 627 g/mol. The van der Waals surface area contributed by atoms with Crippen LogP contribution in [0.25, 0.3) is 22.3 Å². The molecule has 0 amide bonds. The smallest absolute Gasteiger partial charge is 0.0713 e. The van der Waals surface area contributed by atoms with Crippen LogP contribution in [0.3, 0.4) is 0 Å². The summed E-state index contributed by atoms with van der Waals surface area (Å²) in [4.78, 5) is 2.43. The van der Waals surface area contributed by atoms with Crippen molar-refractivity contribution in [2.45, 2.75) is 17.8 Å². The van der Waals surface area contributed by atoms with E-state index in [1.807, 2.05) is 0 Å². The quantitative estimate of drug-likeness (QED) is 0.171. The molecule has 52 heavy (non-hydrogen) atoms. The first kappa shape index (κ1) is 30.4. The number of anilines is 3. The molecule has 0 aliphatic heterocycles. The van der Waals surface area contributed by atoms with Crippen molar-refractivity contribution in [3.8, 4) is 22.3 Å². The SMILES string of the molecule is CC1(c2ccccc2)c2ccccc2-c2cc(N(c3ccccc3)c3ccc4c(c3)-c3ccccc3C4(c3ccccc3)c3ccccc3)ccc21. The van der Waals surface area contributed by atoms with E-state index in [2.05, 4.69) is 218 Å². The maximum absolute atomic E-state index is 2.43. The van der Waals surface area contributed by atoms with Crippen LogP contribution in [0.5, 0.6) is 0 Å². The molecule has 0 aromatic heterocycles. The average molecular weight is 664 g/mol. The van der Waals surface area contributed by atoms with Crippen molar-refractivity contribution in [1.29, 1.82) is 0 Å². The van der Waals surface area contributed by atoms with Gasteiger partial charge in [-0.15, -0.1) is 0 Å². The predicted molar refractivity (Wildman–Crippen MR) is 216 cm³/mol. The van der Waals surface area contributed by atoms with Crippen LogP contribution in [-0.2, 0) is 10.8 Å². The summed E-state index contributed by atoms with van der Waals surface area (Å²) >= 11 is 0. The number of benzene rings is 8. The fraction of sp³-hybridized carbons (Fsp3) is 0.0588. The summed E-state index contributed by atoms with van der Waals surface area (Å²) in [6.07, 6.45) is 0. The van der Waals surface area contributed by atoms with Gasteiger partial charge in [-0.3, -0.25) is 0 Å². The molecule has 10 rings (SSSR count). The second-order valence-electron chi connectivity index (χ2n) is 14.2. The lowest BCUT2D eigenvalue weighted by Gasteiger charge is -2.34. The normalized spacial score (nSPS) is 16.0. The molecule has 0 saturated heterocycles. The van der Waals surface area contributed by atoms with Gasteiger partial charge < -0.3 is 4.90 Å². The number of hydrogen-bond acceptors (Lipinski definition) is 1. The molecule has 0 fully saturated rings. The molecule has 0 bridgehead atoms. The highest BCUT2D eigenvalue weighted by Crippen LogP contribution is 2.58. The van der Waals surface area contributed by atoms with Gasteiger partial charge in [0.2, 0.25) is 0 Å². The van der Waals surface area contributed by atoms with Gasteiger partial charge in [0.25, 0.3) is 0 Å². The zero-order valence-electron chi connectivity index (χ0n) is 29.1. The Hall–Kier alpha value is -6.44. The Morgan fingerprint density at radius 1 is 0.308 bits per heavy atom. The van der Waals surface area contributed by atoms with Gasteiger partial charge in [-0.05, 0) is 105 Å². The maximum Gasteiger partial charge on any atom is 0.0713 e. The van der Waals surface area contributed by atoms with Gasteiger partial charge in [0.15, 0.2) is 0 Å². The Bertz CT molecular complexity index is 2530. The van der Waals surface area contributed by atoms with Crippen molar-refractivity contribution in [3.05, 3.63) is 245 Å². The molecule has 1 atom stereocenters. The van der Waals surface area contributed by atoms with E-state index in [-0.39, 0.29) is 5.41 Å². The third-order valence-electron chi connectivity index (χ3n) is 11.6. The van der Waals surface area contributed by atoms with Gasteiger partial charge in [-0.25, -0.2) is 0 Å². The van der Waals surface area contributed by atoms with Crippen LogP contribution in [-0.4, -0.2) is 0 Å². The first-order valence-electron chi connectivity index (χ1n) is 18.2. The highest BCUT2D eigenvalue weighted by molar-refractivity contribution is 5.92. The second-order valence-corrected chi connectivity index (χ2v) is 14.2. The van der Waals surface area contributed by atoms with Crippen LogP contribution in [0.1, 0.15) is 45.9 Å². The lowest BCUT2D eigenvalue weighted by Crippen LogP contribution is -2.28. The first-order valence-corrected chi connectivity index (χ1v) is 18.2. The van der Waals surface area contributed by atoms with Crippen LogP contribution in [0.15, 0.2) is 206 Å². The lowest BCUT2D eigenvalue weighted by atomic mass is 9.68. The molecule has 0 saturated carbocycles. The van der Waals surface area contributed by atoms with E-state index < -0.39 is 5.41 Å². The Balaban J connectivity index is 1.19. The van der Waals surface area contributed by atoms with Crippen LogP contribution in [0, 0.1) is 0 Å². The highest BCUT2D eigenvalue weighted by atomic mass is 15.1. The summed E-state index contributed by atoms with van der Waals surface area (Å²) in [5.74, 6) is 0. The Morgan fingerprint density at radius 2 is 0.692 bits per heavy atom. The van der Waals surface area contributed by atoms with Crippen molar-refractivity contribution in [1.82, 2.24) is 0 Å². The summed E-state index contributed by atoms with van der Waals surface area (Å²) < 4.78 is 0. The van der Waals surface area contributed by atoms with Gasteiger partial charge in [0, 0.05) is 22.5 Å². The molecular formula is C51H37N. The van der Waals surface area contributed by atoms with E-state index in [4.69, 9.17) is 0 Å². The predicted octanol–water partition coefficient (Wildman–Crippen LogP) is 12.9. The Morgan fingerprint density at radius 3 is 1.27 bits per heavy atom. The molecule has 1 unspecified atom stereocenters. The molecule has 246 valence electrons. The molecule has 2 aliphatic rings. The summed E-state index contributed by atoms with van der Waals surface area (Å²) in [6, 6.07) is 76.0. The maximum atomic E-state index is 2.43. The fourth-order valence-corrected chi connectivity index (χ4v) is 9.31. The molecule has 0 heterocycles. The molecule has 0 radical (unpaired) electrons. The average Bonchev–Trinajstić information content (AvgIpc) is 3.66. The Kier molecular flexibility index (Phi) is 6.91. The first-order chi connectivity index (χ1) is 25.7. The standard InChI is InChI=1S/C51H37N/c1-50(36-18-6-2-7-19-36)46-28-16-14-26-42(46)44-34-40(30-32-47(44)50)52(39-24-12-5-13-25-39)41-31-33-49-45(35-41)43-27-15-17-29-48(43)51(49,37-20-8-3-9-21-37)38-22-10-4-11-23-38/h2-35H,1H3. The van der Waals surface area contributed by atoms with Crippen LogP contribution in [0.2, 0.25) is 0 Å². The zero-order chi connectivity index (χ0) is 34.7. The number of rotatable bonds is 6. The highest BCUT2D eigenvalue weighted by Gasteiger charge is 2.46. The van der Waals surface area contributed by atoms with E-state index >= 15 is 0 Å². The molecule has 0 spiro atoms. The molecule has 1 heteroatoms. The third-order valence-corrected chi connectivity index (χ3v) is 11.6. The van der Waals surface area contributed by atoms with Crippen molar-refractivity contribution in [3.63, 3.8) is 0 Å². The van der Waals surface area contributed by atoms with E-state index in [9.17, 15) is 0 Å². The van der Waals surface area contributed by atoms with Crippen molar-refractivity contribution < 1.29 is 0 Å². The minimum absolute atomic E-state index is 0.237. The number of nitrogens with zero attached hydrogens (tertiary/aromatic N) is 1. The molecule has 1 nitrogen and oxygen atoms in total. The topological polar surface area (TPSA) is 3.24 Å². The van der Waals surface area contributed by atoms with Crippen LogP contribution >= 0.6 is 0 Å². The largest absolute Gasteiger partial charge is 0.310 e. The van der Waals surface area contributed by atoms with Crippen molar-refractivity contribution in [2.75, 3.05) is 4.90 Å². The van der Waals surface area contributed by atoms with Gasteiger partial charge in [-0.1, -0.05) is 170 Å². The lowest BCUT2D eigenvalue weighted by molar-refractivity contribution is 0.714. The van der Waals surface area contributed by atoms with E-state index in [1.165, 1.54) is 61.2 Å². The molecule has 8 aromatic carbocycles. The third kappa shape index (κ3) is 4.29. The van der Waals surface area contributed by atoms with E-state index in [0.29, 0.717) is 0 Å². The monoisotopic (exact) mass is 663 g/mol. The van der Waals surface area contributed by atoms with Gasteiger partial charge in [0.05, 0.1) is 5.41 Å². The van der Waals surface area contributed by atoms with E-state index in [0.717, 1.165) is 17.1 Å². The number of fused-ring (bicyclic) bond motifs is 6. The van der Waals surface area contributed by atoms with Gasteiger partial charge in [-0.2, -0.15) is 0 Å². The second kappa shape index (κ2) is 11.8. The Labute approximate surface area is 306 Å². The number of hydrogen-bond donors (Lipinski definition) is 0. The van der Waals surface area contributed by atoms with E-state index in [1.54, 1.807) is 0 Å². The van der Waals surface area contributed by atoms with Gasteiger partial charge in [0.1, 0.15) is 0 Å². The summed E-state index contributed by atoms with van der Waals surface area (Å²) in [5, 5.41) is 0. The molecule has 2 aliphatic carbocycles. The fourth-order valence-electron chi connectivity index (χ4n) is 9.31. The van der Waals surface area contributed by atoms with Crippen molar-refractivity contribution in [2.24, 2.45) is 0 Å². The summed E-state index contributed by atoms with van der Waals surface area (Å²) in [7, 11) is 0. The van der Waals surface area contributed by atoms with Crippen molar-refractivity contribution >= 4 is 17.1 Å². The minimum atomic E-state index is -0.427. The molecule has 8 aromatic rings. The summed E-state index contributed by atoms with van der Waals surface area (Å²) in [5.41, 5.74) is 17.1. The van der Waals surface area contributed by atoms with Crippen LogP contribution < -0.4 is 4.90 Å². The van der Waals surface area contributed by atoms with Gasteiger partial charge >= 0.3 is 0 Å². The molecule has 0 N–H and O–H groups in total. The minimum Gasteiger partial charge on any atom is -0.310 e. The zero-order valence-corrected chi connectivity index (χ0v) is 29.1.